The molecule has 1 aromatic heterocycles. The van der Waals surface area contributed by atoms with Crippen molar-refractivity contribution in [1.82, 2.24) is 16.1 Å². The Hall–Kier alpha value is -4.08. The van der Waals surface area contributed by atoms with Crippen molar-refractivity contribution in [3.05, 3.63) is 97.1 Å². The maximum Gasteiger partial charge on any atom is 0.0979 e. The minimum atomic E-state index is 0. The van der Waals surface area contributed by atoms with Gasteiger partial charge in [-0.25, -0.2) is 9.97 Å². The van der Waals surface area contributed by atoms with E-state index in [0.29, 0.717) is 0 Å². The SMILES string of the molecule is [N].c1ccc2c(c1)c1ccccc1c1nc3c4ccccc4c4ccccc4c3nc21. The third-order valence-electron chi connectivity index (χ3n) is 6.20. The van der Waals surface area contributed by atoms with Gasteiger partial charge in [0.15, 0.2) is 0 Å². The van der Waals surface area contributed by atoms with Gasteiger partial charge in [-0.3, -0.25) is 0 Å². The minimum absolute atomic E-state index is 0. The van der Waals surface area contributed by atoms with Gasteiger partial charge in [0.05, 0.1) is 22.1 Å². The highest BCUT2D eigenvalue weighted by Crippen LogP contribution is 2.38. The number of hydrogen-bond acceptors (Lipinski definition) is 2. The van der Waals surface area contributed by atoms with Gasteiger partial charge in [-0.15, -0.1) is 0 Å². The molecule has 0 saturated carbocycles. The summed E-state index contributed by atoms with van der Waals surface area (Å²) < 4.78 is 0. The first kappa shape index (κ1) is 17.8. The lowest BCUT2D eigenvalue weighted by molar-refractivity contribution is 1.44. The fourth-order valence-electron chi connectivity index (χ4n) is 4.88. The normalized spacial score (nSPS) is 11.6. The molecule has 0 fully saturated rings. The average molecular weight is 394 g/mol. The largest absolute Gasteiger partial charge is 0.243 e. The van der Waals surface area contributed by atoms with E-state index in [1.165, 1.54) is 21.5 Å². The predicted octanol–water partition coefficient (Wildman–Crippen LogP) is 6.92. The molecule has 143 valence electrons. The highest BCUT2D eigenvalue weighted by Gasteiger charge is 2.15. The van der Waals surface area contributed by atoms with E-state index in [9.17, 15) is 0 Å². The predicted molar refractivity (Wildman–Crippen MR) is 129 cm³/mol. The molecular weight excluding hydrogens is 378 g/mol. The fourth-order valence-corrected chi connectivity index (χ4v) is 4.88. The molecule has 3 nitrogen and oxygen atoms in total. The Morgan fingerprint density at radius 3 is 0.710 bits per heavy atom. The van der Waals surface area contributed by atoms with Crippen molar-refractivity contribution in [3.8, 4) is 0 Å². The molecule has 3 heteroatoms. The summed E-state index contributed by atoms with van der Waals surface area (Å²) in [7, 11) is 0. The molecule has 0 bridgehead atoms. The second-order valence-corrected chi connectivity index (χ2v) is 7.80. The first-order valence-corrected chi connectivity index (χ1v) is 10.2. The molecule has 0 atom stereocenters. The summed E-state index contributed by atoms with van der Waals surface area (Å²) in [6.45, 7) is 0. The van der Waals surface area contributed by atoms with Gasteiger partial charge < -0.3 is 0 Å². The Labute approximate surface area is 178 Å². The highest BCUT2D eigenvalue weighted by atomic mass is 14.8. The maximum absolute atomic E-state index is 5.27. The van der Waals surface area contributed by atoms with E-state index in [0.717, 1.165) is 43.6 Å². The first-order chi connectivity index (χ1) is 14.9. The van der Waals surface area contributed by atoms with E-state index in [1.54, 1.807) is 0 Å². The molecule has 0 saturated heterocycles. The molecule has 0 spiro atoms. The minimum Gasteiger partial charge on any atom is -0.243 e. The lowest BCUT2D eigenvalue weighted by Gasteiger charge is -2.13. The summed E-state index contributed by atoms with van der Waals surface area (Å²) in [4.78, 5) is 10.5. The molecule has 0 aliphatic carbocycles. The van der Waals surface area contributed by atoms with Crippen molar-refractivity contribution in [2.45, 2.75) is 0 Å². The maximum atomic E-state index is 5.27. The fraction of sp³-hybridized carbons (Fsp3) is 0. The van der Waals surface area contributed by atoms with E-state index in [1.807, 2.05) is 0 Å². The number of nitrogens with zero attached hydrogens (tertiary/aromatic N) is 3. The summed E-state index contributed by atoms with van der Waals surface area (Å²) in [6.07, 6.45) is 0. The Kier molecular flexibility index (Phi) is 3.70. The molecule has 1 heterocycles. The smallest absolute Gasteiger partial charge is 0.0979 e. The van der Waals surface area contributed by atoms with Crippen LogP contribution < -0.4 is 6.15 Å². The Bertz CT molecular complexity index is 1540. The molecule has 0 aliphatic heterocycles. The van der Waals surface area contributed by atoms with E-state index >= 15 is 0 Å². The highest BCUT2D eigenvalue weighted by molar-refractivity contribution is 6.28. The number of fused-ring (bicyclic) bond motifs is 12. The zero-order valence-corrected chi connectivity index (χ0v) is 16.6. The Morgan fingerprint density at radius 2 is 0.484 bits per heavy atom. The van der Waals surface area contributed by atoms with Crippen LogP contribution in [0.4, 0.5) is 0 Å². The average Bonchev–Trinajstić information content (AvgIpc) is 2.83. The molecule has 0 amide bonds. The summed E-state index contributed by atoms with van der Waals surface area (Å²) >= 11 is 0. The molecule has 7 aromatic rings. The van der Waals surface area contributed by atoms with Crippen molar-refractivity contribution in [2.24, 2.45) is 0 Å². The first-order valence-electron chi connectivity index (χ1n) is 10.2. The van der Waals surface area contributed by atoms with Crippen LogP contribution in [-0.4, -0.2) is 9.97 Å². The standard InChI is InChI=1S/C28H16N2.N/c1-5-13-21-17(9-1)18-10-2-6-14-22(18)26-25(21)29-27-23-15-7-3-11-19(23)20-12-4-8-16-24(20)28(27)30-26;/h1-16H;. The Morgan fingerprint density at radius 1 is 0.290 bits per heavy atom. The third-order valence-corrected chi connectivity index (χ3v) is 6.20. The van der Waals surface area contributed by atoms with Gasteiger partial charge in [0.1, 0.15) is 0 Å². The number of hydrogen-bond donors (Lipinski definition) is 0. The summed E-state index contributed by atoms with van der Waals surface area (Å²) in [6, 6.07) is 34.1. The zero-order chi connectivity index (χ0) is 19.7. The lowest BCUT2D eigenvalue weighted by Crippen LogP contribution is -1.93. The molecule has 0 N–H and O–H groups in total. The van der Waals surface area contributed by atoms with Crippen molar-refractivity contribution in [1.29, 1.82) is 0 Å². The van der Waals surface area contributed by atoms with Crippen molar-refractivity contribution in [3.63, 3.8) is 0 Å². The quantitative estimate of drug-likeness (QED) is 0.207. The van der Waals surface area contributed by atoms with E-state index < -0.39 is 0 Å². The van der Waals surface area contributed by atoms with Gasteiger partial charge in [0, 0.05) is 27.7 Å². The van der Waals surface area contributed by atoms with E-state index in [2.05, 4.69) is 97.1 Å². The van der Waals surface area contributed by atoms with Gasteiger partial charge >= 0.3 is 0 Å². The van der Waals surface area contributed by atoms with Gasteiger partial charge in [-0.1, -0.05) is 97.1 Å². The van der Waals surface area contributed by atoms with Gasteiger partial charge in [-0.2, -0.15) is 0 Å². The third kappa shape index (κ3) is 2.32. The molecule has 3 radical (unpaired) electrons. The van der Waals surface area contributed by atoms with Crippen LogP contribution in [0.5, 0.6) is 0 Å². The van der Waals surface area contributed by atoms with Crippen LogP contribution in [0, 0.1) is 0 Å². The van der Waals surface area contributed by atoms with Crippen molar-refractivity contribution in [2.75, 3.05) is 0 Å². The Balaban J connectivity index is 0.00000185. The lowest BCUT2D eigenvalue weighted by atomic mass is 9.97. The second kappa shape index (κ2) is 6.46. The number of aromatic nitrogens is 2. The van der Waals surface area contributed by atoms with Gasteiger partial charge in [-0.05, 0) is 21.5 Å². The van der Waals surface area contributed by atoms with Crippen molar-refractivity contribution < 1.29 is 0 Å². The van der Waals surface area contributed by atoms with Crippen LogP contribution in [0.25, 0.3) is 65.2 Å². The van der Waals surface area contributed by atoms with Gasteiger partial charge in [0.2, 0.25) is 0 Å². The van der Waals surface area contributed by atoms with Crippen LogP contribution in [-0.2, 0) is 0 Å². The van der Waals surface area contributed by atoms with Crippen LogP contribution >= 0.6 is 0 Å². The van der Waals surface area contributed by atoms with Crippen LogP contribution in [0.2, 0.25) is 0 Å². The molecule has 31 heavy (non-hydrogen) atoms. The molecule has 6 aromatic carbocycles. The monoisotopic (exact) mass is 394 g/mol. The molecule has 0 unspecified atom stereocenters. The molecular formula is C28H16N3. The number of benzene rings is 6. The molecule has 7 rings (SSSR count). The topological polar surface area (TPSA) is 56.3 Å². The van der Waals surface area contributed by atoms with Crippen molar-refractivity contribution >= 4 is 65.2 Å². The summed E-state index contributed by atoms with van der Waals surface area (Å²) in [5.74, 6) is 0. The van der Waals surface area contributed by atoms with E-state index in [4.69, 9.17) is 9.97 Å². The second-order valence-electron chi connectivity index (χ2n) is 7.80. The van der Waals surface area contributed by atoms with Crippen LogP contribution in [0.15, 0.2) is 97.1 Å². The zero-order valence-electron chi connectivity index (χ0n) is 16.6. The van der Waals surface area contributed by atoms with E-state index in [-0.39, 0.29) is 6.15 Å². The van der Waals surface area contributed by atoms with Crippen LogP contribution in [0.3, 0.4) is 0 Å². The summed E-state index contributed by atoms with van der Waals surface area (Å²) in [5, 5.41) is 9.49. The molecule has 0 aliphatic rings. The van der Waals surface area contributed by atoms with Gasteiger partial charge in [0.25, 0.3) is 0 Å². The summed E-state index contributed by atoms with van der Waals surface area (Å²) in [5.41, 5.74) is 3.88. The van der Waals surface area contributed by atoms with Crippen LogP contribution in [0.1, 0.15) is 0 Å². The number of rotatable bonds is 0.